The van der Waals surface area contributed by atoms with E-state index in [1.54, 1.807) is 0 Å². The van der Waals surface area contributed by atoms with Crippen molar-refractivity contribution in [3.63, 3.8) is 0 Å². The van der Waals surface area contributed by atoms with Crippen molar-refractivity contribution < 1.29 is 0 Å². The highest BCUT2D eigenvalue weighted by Crippen LogP contribution is 2.40. The Balaban J connectivity index is 1.70. The Bertz CT molecular complexity index is 406. The van der Waals surface area contributed by atoms with Crippen LogP contribution >= 0.6 is 0 Å². The van der Waals surface area contributed by atoms with Crippen LogP contribution in [0.3, 0.4) is 0 Å². The van der Waals surface area contributed by atoms with Gasteiger partial charge in [0.25, 0.3) is 0 Å². The number of pyridine rings is 1. The number of nitrogens with one attached hydrogen (secondary N) is 1. The molecule has 2 fully saturated rings. The molecule has 1 aliphatic heterocycles. The van der Waals surface area contributed by atoms with Crippen LogP contribution in [0.15, 0.2) is 18.5 Å². The number of hydrogen-bond donors (Lipinski definition) is 1. The summed E-state index contributed by atoms with van der Waals surface area (Å²) >= 11 is 0. The first-order valence-electron chi connectivity index (χ1n) is 7.77. The van der Waals surface area contributed by atoms with Crippen LogP contribution in [0.1, 0.15) is 38.2 Å². The maximum absolute atomic E-state index is 4.30. The summed E-state index contributed by atoms with van der Waals surface area (Å²) in [5.74, 6) is 1.90. The first-order valence-corrected chi connectivity index (χ1v) is 7.77. The van der Waals surface area contributed by atoms with E-state index in [1.165, 1.54) is 50.0 Å². The monoisotopic (exact) mass is 259 g/mol. The Labute approximate surface area is 116 Å². The minimum atomic E-state index is 0.947. The van der Waals surface area contributed by atoms with Crippen molar-refractivity contribution in [3.05, 3.63) is 24.0 Å². The second kappa shape index (κ2) is 5.91. The van der Waals surface area contributed by atoms with Crippen molar-refractivity contribution in [2.24, 2.45) is 11.8 Å². The lowest BCUT2D eigenvalue weighted by Gasteiger charge is -2.22. The van der Waals surface area contributed by atoms with E-state index in [4.69, 9.17) is 0 Å². The molecule has 1 N–H and O–H groups in total. The molecule has 0 aromatic carbocycles. The van der Waals surface area contributed by atoms with Gasteiger partial charge in [0.1, 0.15) is 0 Å². The van der Waals surface area contributed by atoms with E-state index in [0.717, 1.165) is 24.9 Å². The Morgan fingerprint density at radius 1 is 1.32 bits per heavy atom. The lowest BCUT2D eigenvalue weighted by molar-refractivity contribution is 0.494. The molecule has 1 aromatic rings. The zero-order valence-electron chi connectivity index (χ0n) is 11.9. The topological polar surface area (TPSA) is 28.2 Å². The van der Waals surface area contributed by atoms with Crippen LogP contribution in [-0.4, -0.2) is 24.6 Å². The van der Waals surface area contributed by atoms with Crippen molar-refractivity contribution in [3.8, 4) is 0 Å². The van der Waals surface area contributed by atoms with Gasteiger partial charge in [-0.2, -0.15) is 0 Å². The molecular formula is C16H25N3. The van der Waals surface area contributed by atoms with Crippen molar-refractivity contribution in [2.75, 3.05) is 24.5 Å². The van der Waals surface area contributed by atoms with E-state index in [0.29, 0.717) is 0 Å². The smallest absolute Gasteiger partial charge is 0.0443 e. The van der Waals surface area contributed by atoms with Crippen molar-refractivity contribution in [2.45, 2.75) is 39.2 Å². The summed E-state index contributed by atoms with van der Waals surface area (Å²) < 4.78 is 0. The third kappa shape index (κ3) is 2.76. The Morgan fingerprint density at radius 2 is 2.11 bits per heavy atom. The summed E-state index contributed by atoms with van der Waals surface area (Å²) in [6.07, 6.45) is 9.48. The lowest BCUT2D eigenvalue weighted by atomic mass is 10.0. The molecule has 3 rings (SSSR count). The van der Waals surface area contributed by atoms with Gasteiger partial charge in [-0.3, -0.25) is 4.98 Å². The zero-order valence-corrected chi connectivity index (χ0v) is 11.9. The van der Waals surface area contributed by atoms with Gasteiger partial charge in [0, 0.05) is 43.3 Å². The van der Waals surface area contributed by atoms with Crippen LogP contribution in [0, 0.1) is 11.8 Å². The summed E-state index contributed by atoms with van der Waals surface area (Å²) in [5, 5.41) is 3.50. The molecule has 1 saturated carbocycles. The van der Waals surface area contributed by atoms with Gasteiger partial charge in [-0.25, -0.2) is 0 Å². The molecule has 2 aliphatic rings. The molecule has 0 spiro atoms. The third-order valence-corrected chi connectivity index (χ3v) is 4.69. The standard InChI is InChI=1S/C16H25N3/c1-2-7-17-9-15-10-18-8-6-16(15)19-11-13-4-3-5-14(13)12-19/h6,8,10,13-14,17H,2-5,7,9,11-12H2,1H3. The second-order valence-corrected chi connectivity index (χ2v) is 6.04. The van der Waals surface area contributed by atoms with Gasteiger partial charge < -0.3 is 10.2 Å². The summed E-state index contributed by atoms with van der Waals surface area (Å²) in [7, 11) is 0. The minimum Gasteiger partial charge on any atom is -0.371 e. The average Bonchev–Trinajstić information content (AvgIpc) is 3.00. The summed E-state index contributed by atoms with van der Waals surface area (Å²) in [5.41, 5.74) is 2.77. The number of nitrogens with zero attached hydrogens (tertiary/aromatic N) is 2. The van der Waals surface area contributed by atoms with Crippen molar-refractivity contribution in [1.29, 1.82) is 0 Å². The largest absolute Gasteiger partial charge is 0.371 e. The highest BCUT2D eigenvalue weighted by Gasteiger charge is 2.36. The molecule has 1 aliphatic carbocycles. The average molecular weight is 259 g/mol. The Hall–Kier alpha value is -1.09. The van der Waals surface area contributed by atoms with Gasteiger partial charge in [0.15, 0.2) is 0 Å². The lowest BCUT2D eigenvalue weighted by Crippen LogP contribution is -2.24. The highest BCUT2D eigenvalue weighted by molar-refractivity contribution is 5.53. The predicted molar refractivity (Wildman–Crippen MR) is 79.3 cm³/mol. The molecule has 2 unspecified atom stereocenters. The quantitative estimate of drug-likeness (QED) is 0.824. The minimum absolute atomic E-state index is 0.947. The molecule has 0 amide bonds. The molecule has 19 heavy (non-hydrogen) atoms. The van der Waals surface area contributed by atoms with Gasteiger partial charge >= 0.3 is 0 Å². The van der Waals surface area contributed by atoms with Crippen LogP contribution in [0.4, 0.5) is 5.69 Å². The van der Waals surface area contributed by atoms with E-state index < -0.39 is 0 Å². The van der Waals surface area contributed by atoms with Gasteiger partial charge in [-0.05, 0) is 43.7 Å². The van der Waals surface area contributed by atoms with Crippen LogP contribution in [0.25, 0.3) is 0 Å². The fraction of sp³-hybridized carbons (Fsp3) is 0.688. The van der Waals surface area contributed by atoms with Crippen LogP contribution < -0.4 is 10.2 Å². The molecule has 1 saturated heterocycles. The summed E-state index contributed by atoms with van der Waals surface area (Å²) in [6, 6.07) is 2.20. The van der Waals surface area contributed by atoms with E-state index in [2.05, 4.69) is 28.2 Å². The van der Waals surface area contributed by atoms with Gasteiger partial charge in [0.2, 0.25) is 0 Å². The van der Waals surface area contributed by atoms with Crippen molar-refractivity contribution in [1.82, 2.24) is 10.3 Å². The summed E-state index contributed by atoms with van der Waals surface area (Å²) in [4.78, 5) is 6.90. The van der Waals surface area contributed by atoms with Crippen LogP contribution in [-0.2, 0) is 6.54 Å². The SMILES string of the molecule is CCCNCc1cnccc1N1CC2CCCC2C1. The molecule has 2 atom stereocenters. The maximum atomic E-state index is 4.30. The van der Waals surface area contributed by atoms with E-state index in [1.807, 2.05) is 12.4 Å². The van der Waals surface area contributed by atoms with E-state index >= 15 is 0 Å². The number of hydrogen-bond acceptors (Lipinski definition) is 3. The summed E-state index contributed by atoms with van der Waals surface area (Å²) in [6.45, 7) is 6.76. The molecule has 3 heteroatoms. The van der Waals surface area contributed by atoms with Crippen LogP contribution in [0.2, 0.25) is 0 Å². The van der Waals surface area contributed by atoms with Gasteiger partial charge in [-0.15, -0.1) is 0 Å². The molecular weight excluding hydrogens is 234 g/mol. The first-order chi connectivity index (χ1) is 9.38. The maximum Gasteiger partial charge on any atom is 0.0443 e. The van der Waals surface area contributed by atoms with Gasteiger partial charge in [0.05, 0.1) is 0 Å². The Morgan fingerprint density at radius 3 is 2.84 bits per heavy atom. The normalized spacial score (nSPS) is 25.8. The molecule has 0 bridgehead atoms. The number of anilines is 1. The van der Waals surface area contributed by atoms with E-state index in [9.17, 15) is 0 Å². The molecule has 0 radical (unpaired) electrons. The predicted octanol–water partition coefficient (Wildman–Crippen LogP) is 2.82. The fourth-order valence-corrected chi connectivity index (χ4v) is 3.70. The molecule has 3 nitrogen and oxygen atoms in total. The Kier molecular flexibility index (Phi) is 4.02. The first kappa shape index (κ1) is 12.9. The molecule has 1 aromatic heterocycles. The number of rotatable bonds is 5. The van der Waals surface area contributed by atoms with Crippen molar-refractivity contribution >= 4 is 5.69 Å². The molecule has 104 valence electrons. The molecule has 2 heterocycles. The van der Waals surface area contributed by atoms with Gasteiger partial charge in [-0.1, -0.05) is 13.3 Å². The number of fused-ring (bicyclic) bond motifs is 1. The zero-order chi connectivity index (χ0) is 13.1. The fourth-order valence-electron chi connectivity index (χ4n) is 3.70. The highest BCUT2D eigenvalue weighted by atomic mass is 15.2. The second-order valence-electron chi connectivity index (χ2n) is 6.04. The van der Waals surface area contributed by atoms with E-state index in [-0.39, 0.29) is 0 Å². The number of aromatic nitrogens is 1. The van der Waals surface area contributed by atoms with Crippen LogP contribution in [0.5, 0.6) is 0 Å². The third-order valence-electron chi connectivity index (χ3n) is 4.69.